The first-order valence-corrected chi connectivity index (χ1v) is 22.4. The van der Waals surface area contributed by atoms with Crippen molar-refractivity contribution in [3.8, 4) is 0 Å². The first kappa shape index (κ1) is 52.1. The molecule has 0 saturated heterocycles. The van der Waals surface area contributed by atoms with Crippen LogP contribution in [0.15, 0.2) is 41.9 Å². The average Bonchev–Trinajstić information content (AvgIpc) is 3.91. The number of carbonyl (C=O) groups excluding carboxylic acids is 9. The van der Waals surface area contributed by atoms with E-state index in [1.54, 1.807) is 33.1 Å². The van der Waals surface area contributed by atoms with Gasteiger partial charge in [0.05, 0.1) is 24.9 Å². The molecule has 0 spiro atoms. The van der Waals surface area contributed by atoms with Crippen molar-refractivity contribution in [2.75, 3.05) is 26.8 Å². The normalized spacial score (nSPS) is 22.2. The van der Waals surface area contributed by atoms with Crippen LogP contribution in [0, 0.1) is 11.8 Å². The number of Topliss-reactive ketones (excluding diaryl/α,β-unsaturated/α-hetero) is 1. The molecule has 8 amide bonds. The molecule has 1 aliphatic heterocycles. The molecule has 0 aliphatic carbocycles. The van der Waals surface area contributed by atoms with Gasteiger partial charge in [0.2, 0.25) is 41.7 Å². The molecule has 358 valence electrons. The number of hydrogen-bond donors (Lipinski definition) is 9. The number of aliphatic hydroxyl groups is 1. The van der Waals surface area contributed by atoms with E-state index in [1.807, 2.05) is 42.1 Å². The lowest BCUT2D eigenvalue weighted by molar-refractivity contribution is -0.142. The molecule has 0 fully saturated rings. The summed E-state index contributed by atoms with van der Waals surface area (Å²) in [4.78, 5) is 125. The number of carbonyl (C=O) groups is 9. The van der Waals surface area contributed by atoms with Gasteiger partial charge in [-0.3, -0.25) is 43.2 Å². The summed E-state index contributed by atoms with van der Waals surface area (Å²) in [7, 11) is 3.24. The van der Waals surface area contributed by atoms with Gasteiger partial charge in [-0.1, -0.05) is 58.7 Å². The maximum atomic E-state index is 14.2. The molecule has 0 saturated carbocycles. The Hall–Kier alpha value is -6.52. The third kappa shape index (κ3) is 14.0. The summed E-state index contributed by atoms with van der Waals surface area (Å²) in [6, 6.07) is -0.327. The van der Waals surface area contributed by atoms with E-state index in [0.29, 0.717) is 29.1 Å². The molecule has 66 heavy (non-hydrogen) atoms. The molecular weight excluding hydrogens is 877 g/mol. The second-order valence-corrected chi connectivity index (χ2v) is 17.0. The third-order valence-corrected chi connectivity index (χ3v) is 12.3. The Morgan fingerprint density at radius 1 is 0.970 bits per heavy atom. The standard InChI is InChI=1S/C44H60N10O11S/c1-8-23(3)35-37(58)43(64)51-31(20-65-7)44-48-27(21-66-44)14-15-34(57)49-29(16-26-19-54(6)32-13-11-10-12-28(26)32)39(60)46-17-30(40(61)47-25(5)38(59)52-35)50-42(63)36(24(4)9-2)53-41(62)33(56)18-45-22-55/h10-15,19,21-25,29-31,33,35-36,56H,8-9,16-18,20H2,1-7H3,(H,45,55)(H,46,60)(H,47,61)(H,49,57)(H,50,63)(H,51,64)(H,52,59)(H,53,62)/t23-,24-,25-,29-,30-,31-,33+,35-,36-/m0/s1. The summed E-state index contributed by atoms with van der Waals surface area (Å²) in [6.07, 6.45) is 3.68. The number of nitrogens with zero attached hydrogens (tertiary/aromatic N) is 2. The van der Waals surface area contributed by atoms with E-state index < -0.39 is 114 Å². The molecule has 1 aliphatic rings. The number of methoxy groups -OCH3 is 1. The summed E-state index contributed by atoms with van der Waals surface area (Å²) < 4.78 is 7.18. The molecule has 2 aromatic heterocycles. The molecule has 2 bridgehead atoms. The van der Waals surface area contributed by atoms with E-state index >= 15 is 0 Å². The van der Waals surface area contributed by atoms with Gasteiger partial charge < -0.3 is 56.9 Å². The van der Waals surface area contributed by atoms with E-state index in [2.05, 4.69) is 47.5 Å². The number of hydrogen-bond acceptors (Lipinski definition) is 13. The SMILES string of the molecule is CC[C@H](C)[C@H](NC(=O)[C@H](O)CNC=O)C(=O)N[C@H]1CNC(=O)[C@H](Cc2cn(C)c3ccccc23)NC(=O)C=Cc2csc(n2)[C@H](COC)NC(=O)C(=O)[C@H]([C@@H](C)CC)NC(=O)[C@H](C)NC1=O. The number of nitrogens with one attached hydrogen (secondary N) is 8. The number of aliphatic hydroxyl groups excluding tert-OH is 1. The molecular formula is C44H60N10O11S. The van der Waals surface area contributed by atoms with Crippen molar-refractivity contribution in [3.63, 3.8) is 0 Å². The van der Waals surface area contributed by atoms with Gasteiger partial charge in [-0.05, 0) is 36.5 Å². The van der Waals surface area contributed by atoms with Crippen molar-refractivity contribution < 1.29 is 53.0 Å². The van der Waals surface area contributed by atoms with Gasteiger partial charge in [0.1, 0.15) is 41.3 Å². The maximum Gasteiger partial charge on any atom is 0.290 e. The van der Waals surface area contributed by atoms with Crippen LogP contribution in [0.5, 0.6) is 0 Å². The first-order valence-electron chi connectivity index (χ1n) is 21.6. The molecule has 4 rings (SSSR count). The van der Waals surface area contributed by atoms with Crippen molar-refractivity contribution in [2.24, 2.45) is 18.9 Å². The fraction of sp³-hybridized carbons (Fsp3) is 0.500. The molecule has 3 heterocycles. The zero-order chi connectivity index (χ0) is 48.7. The molecule has 0 unspecified atom stereocenters. The van der Waals surface area contributed by atoms with Gasteiger partial charge in [0.15, 0.2) is 0 Å². The Morgan fingerprint density at radius 2 is 1.70 bits per heavy atom. The number of ether oxygens (including phenoxy) is 1. The van der Waals surface area contributed by atoms with Gasteiger partial charge in [0, 0.05) is 55.7 Å². The van der Waals surface area contributed by atoms with Crippen LogP contribution in [0.3, 0.4) is 0 Å². The van der Waals surface area contributed by atoms with Gasteiger partial charge in [0.25, 0.3) is 11.8 Å². The monoisotopic (exact) mass is 936 g/mol. The lowest BCUT2D eigenvalue weighted by Gasteiger charge is -2.29. The van der Waals surface area contributed by atoms with Crippen LogP contribution in [-0.4, -0.2) is 131 Å². The molecule has 3 aromatic rings. The van der Waals surface area contributed by atoms with Gasteiger partial charge in [-0.2, -0.15) is 0 Å². The number of ketones is 1. The summed E-state index contributed by atoms with van der Waals surface area (Å²) in [5.74, 6) is -8.23. The predicted molar refractivity (Wildman–Crippen MR) is 243 cm³/mol. The Kier molecular flexibility index (Phi) is 19.5. The highest BCUT2D eigenvalue weighted by Crippen LogP contribution is 2.23. The minimum absolute atomic E-state index is 0.00802. The number of aromatic nitrogens is 2. The van der Waals surface area contributed by atoms with Crippen LogP contribution in [0.4, 0.5) is 0 Å². The van der Waals surface area contributed by atoms with Crippen molar-refractivity contribution in [3.05, 3.63) is 58.2 Å². The highest BCUT2D eigenvalue weighted by atomic mass is 32.1. The lowest BCUT2D eigenvalue weighted by Crippen LogP contribution is -2.62. The average molecular weight is 937 g/mol. The summed E-state index contributed by atoms with van der Waals surface area (Å²) in [5, 5.41) is 33.4. The largest absolute Gasteiger partial charge is 0.382 e. The third-order valence-electron chi connectivity index (χ3n) is 11.3. The number of aryl methyl sites for hydroxylation is 1. The summed E-state index contributed by atoms with van der Waals surface area (Å²) in [6.45, 7) is 7.02. The van der Waals surface area contributed by atoms with Crippen LogP contribution in [0.25, 0.3) is 17.0 Å². The lowest BCUT2D eigenvalue weighted by atomic mass is 9.94. The number of amides is 8. The number of thiazole rings is 1. The predicted octanol–water partition coefficient (Wildman–Crippen LogP) is -0.964. The molecule has 9 atom stereocenters. The van der Waals surface area contributed by atoms with Crippen LogP contribution in [0.2, 0.25) is 0 Å². The Balaban J connectivity index is 1.76. The number of para-hydroxylation sites is 1. The van der Waals surface area contributed by atoms with Gasteiger partial charge in [-0.15, -0.1) is 11.3 Å². The zero-order valence-corrected chi connectivity index (χ0v) is 38.8. The Morgan fingerprint density at radius 3 is 2.38 bits per heavy atom. The quantitative estimate of drug-likeness (QED) is 0.0658. The van der Waals surface area contributed by atoms with E-state index in [0.717, 1.165) is 22.2 Å². The van der Waals surface area contributed by atoms with Crippen LogP contribution in [0.1, 0.15) is 69.8 Å². The van der Waals surface area contributed by atoms with Crippen molar-refractivity contribution >= 4 is 81.9 Å². The highest BCUT2D eigenvalue weighted by Gasteiger charge is 2.36. The van der Waals surface area contributed by atoms with Gasteiger partial charge in [-0.25, -0.2) is 4.98 Å². The fourth-order valence-corrected chi connectivity index (χ4v) is 7.83. The fourth-order valence-electron chi connectivity index (χ4n) is 7.01. The minimum atomic E-state index is -1.72. The molecule has 21 nitrogen and oxygen atoms in total. The molecule has 0 radical (unpaired) electrons. The zero-order valence-electron chi connectivity index (χ0n) is 38.0. The molecule has 1 aromatic carbocycles. The van der Waals surface area contributed by atoms with Crippen LogP contribution < -0.4 is 42.5 Å². The van der Waals surface area contributed by atoms with E-state index in [4.69, 9.17) is 4.74 Å². The second kappa shape index (κ2) is 24.7. The van der Waals surface area contributed by atoms with Crippen molar-refractivity contribution in [1.29, 1.82) is 0 Å². The van der Waals surface area contributed by atoms with Crippen LogP contribution >= 0.6 is 11.3 Å². The van der Waals surface area contributed by atoms with Crippen LogP contribution in [-0.2, 0) is 61.4 Å². The smallest absolute Gasteiger partial charge is 0.290 e. The minimum Gasteiger partial charge on any atom is -0.382 e. The van der Waals surface area contributed by atoms with E-state index in [-0.39, 0.29) is 19.4 Å². The summed E-state index contributed by atoms with van der Waals surface area (Å²) in [5.41, 5.74) is 1.91. The number of rotatable bonds is 15. The van der Waals surface area contributed by atoms with Gasteiger partial charge >= 0.3 is 0 Å². The van der Waals surface area contributed by atoms with Crippen molar-refractivity contribution in [1.82, 2.24) is 52.1 Å². The van der Waals surface area contributed by atoms with E-state index in [9.17, 15) is 48.3 Å². The van der Waals surface area contributed by atoms with Crippen molar-refractivity contribution in [2.45, 2.75) is 96.2 Å². The number of fused-ring (bicyclic) bond motifs is 3. The first-order chi connectivity index (χ1) is 31.4. The molecule has 22 heteroatoms. The Labute approximate surface area is 386 Å². The summed E-state index contributed by atoms with van der Waals surface area (Å²) >= 11 is 1.14. The topological polar surface area (TPSA) is 297 Å². The second-order valence-electron chi connectivity index (χ2n) is 16.2. The maximum absolute atomic E-state index is 14.2. The Bertz CT molecular complexity index is 2280. The van der Waals surface area contributed by atoms with E-state index in [1.165, 1.54) is 26.2 Å². The highest BCUT2D eigenvalue weighted by molar-refractivity contribution is 7.09. The number of benzene rings is 1. The molecule has 9 N–H and O–H groups in total.